The van der Waals surface area contributed by atoms with Gasteiger partial charge < -0.3 is 0 Å². The van der Waals surface area contributed by atoms with Crippen molar-refractivity contribution in [2.75, 3.05) is 0 Å². The zero-order valence-corrected chi connectivity index (χ0v) is 8.02. The van der Waals surface area contributed by atoms with E-state index in [2.05, 4.69) is 45.9 Å². The van der Waals surface area contributed by atoms with Crippen molar-refractivity contribution in [2.24, 2.45) is 11.3 Å². The van der Waals surface area contributed by atoms with Gasteiger partial charge in [-0.25, -0.2) is 0 Å². The van der Waals surface area contributed by atoms with E-state index < -0.39 is 0 Å². The lowest BCUT2D eigenvalue weighted by Gasteiger charge is -2.32. The molecule has 0 aliphatic heterocycles. The molecular formula is C11H18. The van der Waals surface area contributed by atoms with Crippen molar-refractivity contribution in [1.29, 1.82) is 0 Å². The summed E-state index contributed by atoms with van der Waals surface area (Å²) in [4.78, 5) is 0. The first-order valence-electron chi connectivity index (χ1n) is 4.46. The molecule has 2 atom stereocenters. The molecule has 62 valence electrons. The van der Waals surface area contributed by atoms with Crippen LogP contribution < -0.4 is 0 Å². The zero-order valence-electron chi connectivity index (χ0n) is 8.02. The second kappa shape index (κ2) is 2.84. The minimum absolute atomic E-state index is 0.402. The fraction of sp³-hybridized carbons (Fsp3) is 0.636. The van der Waals surface area contributed by atoms with Gasteiger partial charge in [0.1, 0.15) is 0 Å². The van der Waals surface area contributed by atoms with Gasteiger partial charge in [-0.15, -0.1) is 0 Å². The monoisotopic (exact) mass is 150 g/mol. The van der Waals surface area contributed by atoms with Crippen LogP contribution in [0.2, 0.25) is 0 Å². The van der Waals surface area contributed by atoms with E-state index in [-0.39, 0.29) is 0 Å². The van der Waals surface area contributed by atoms with Gasteiger partial charge >= 0.3 is 0 Å². The van der Waals surface area contributed by atoms with Crippen molar-refractivity contribution >= 4 is 0 Å². The van der Waals surface area contributed by atoms with E-state index >= 15 is 0 Å². The summed E-state index contributed by atoms with van der Waals surface area (Å²) in [6.45, 7) is 9.06. The van der Waals surface area contributed by atoms with Crippen LogP contribution in [0.25, 0.3) is 0 Å². The summed E-state index contributed by atoms with van der Waals surface area (Å²) in [5.74, 6) is 0.692. The third-order valence-corrected chi connectivity index (χ3v) is 3.04. The quantitative estimate of drug-likeness (QED) is 0.536. The Hall–Kier alpha value is -0.520. The molecule has 1 aliphatic carbocycles. The Morgan fingerprint density at radius 2 is 2.18 bits per heavy atom. The maximum absolute atomic E-state index is 2.36. The summed E-state index contributed by atoms with van der Waals surface area (Å²) in [5, 5.41) is 0. The van der Waals surface area contributed by atoms with Crippen LogP contribution in [0.5, 0.6) is 0 Å². The fourth-order valence-corrected chi connectivity index (χ4v) is 1.55. The normalized spacial score (nSPS) is 37.1. The number of hydrogen-bond acceptors (Lipinski definition) is 0. The molecule has 0 aromatic rings. The lowest BCUT2D eigenvalue weighted by Crippen LogP contribution is -2.22. The van der Waals surface area contributed by atoms with Crippen molar-refractivity contribution < 1.29 is 0 Å². The molecule has 0 N–H and O–H groups in total. The van der Waals surface area contributed by atoms with E-state index in [1.54, 1.807) is 0 Å². The van der Waals surface area contributed by atoms with Crippen LogP contribution in [0.1, 0.15) is 34.1 Å². The van der Waals surface area contributed by atoms with E-state index in [1.165, 1.54) is 12.0 Å². The van der Waals surface area contributed by atoms with E-state index in [9.17, 15) is 0 Å². The molecule has 11 heavy (non-hydrogen) atoms. The highest BCUT2D eigenvalue weighted by Gasteiger charge is 2.26. The predicted octanol–water partition coefficient (Wildman–Crippen LogP) is 3.55. The molecule has 0 nitrogen and oxygen atoms in total. The van der Waals surface area contributed by atoms with E-state index in [1.807, 2.05) is 0 Å². The maximum atomic E-state index is 2.36. The van der Waals surface area contributed by atoms with Gasteiger partial charge in [-0.1, -0.05) is 44.6 Å². The average Bonchev–Trinajstić information content (AvgIpc) is 1.98. The third kappa shape index (κ3) is 1.55. The largest absolute Gasteiger partial charge is 0.0779 e. The smallest absolute Gasteiger partial charge is 0.00856 e. The second-order valence-electron chi connectivity index (χ2n) is 3.89. The van der Waals surface area contributed by atoms with Gasteiger partial charge in [0.15, 0.2) is 0 Å². The van der Waals surface area contributed by atoms with Crippen molar-refractivity contribution in [3.05, 3.63) is 23.8 Å². The lowest BCUT2D eigenvalue weighted by atomic mass is 9.72. The summed E-state index contributed by atoms with van der Waals surface area (Å²) >= 11 is 0. The van der Waals surface area contributed by atoms with Gasteiger partial charge in [-0.2, -0.15) is 0 Å². The van der Waals surface area contributed by atoms with Crippen LogP contribution in [0.15, 0.2) is 23.8 Å². The summed E-state index contributed by atoms with van der Waals surface area (Å²) in [7, 11) is 0. The topological polar surface area (TPSA) is 0 Å². The minimum Gasteiger partial charge on any atom is -0.0779 e. The Morgan fingerprint density at radius 1 is 1.55 bits per heavy atom. The van der Waals surface area contributed by atoms with Gasteiger partial charge in [0.05, 0.1) is 0 Å². The van der Waals surface area contributed by atoms with Crippen molar-refractivity contribution in [2.45, 2.75) is 34.1 Å². The summed E-state index contributed by atoms with van der Waals surface area (Å²) in [6, 6.07) is 0. The summed E-state index contributed by atoms with van der Waals surface area (Å²) < 4.78 is 0. The highest BCUT2D eigenvalue weighted by Crippen LogP contribution is 2.37. The first-order chi connectivity index (χ1) is 5.08. The molecule has 0 heteroatoms. The van der Waals surface area contributed by atoms with Gasteiger partial charge in [0, 0.05) is 0 Å². The van der Waals surface area contributed by atoms with Gasteiger partial charge in [0.2, 0.25) is 0 Å². The Bertz CT molecular complexity index is 198. The Morgan fingerprint density at radius 3 is 2.64 bits per heavy atom. The number of allylic oxidation sites excluding steroid dienone is 4. The molecule has 0 saturated carbocycles. The maximum Gasteiger partial charge on any atom is -0.00856 e. The lowest BCUT2D eigenvalue weighted by molar-refractivity contribution is 0.311. The Labute approximate surface area is 70.0 Å². The molecule has 0 saturated heterocycles. The molecule has 0 bridgehead atoms. The molecule has 0 radical (unpaired) electrons. The Balaban J connectivity index is 2.84. The molecule has 1 aliphatic rings. The van der Waals surface area contributed by atoms with Gasteiger partial charge in [-0.05, 0) is 24.7 Å². The molecule has 0 amide bonds. The standard InChI is InChI=1S/C11H18/c1-5-11(4)7-6-9(2)8-10(11)3/h6-8,10H,5H2,1-4H3. The van der Waals surface area contributed by atoms with E-state index in [4.69, 9.17) is 0 Å². The Kier molecular flexibility index (Phi) is 2.22. The molecule has 0 spiro atoms. The van der Waals surface area contributed by atoms with E-state index in [0.29, 0.717) is 11.3 Å². The molecule has 0 heterocycles. The van der Waals surface area contributed by atoms with Crippen molar-refractivity contribution in [3.63, 3.8) is 0 Å². The SMILES string of the molecule is CCC1(C)C=CC(C)=CC1C. The summed E-state index contributed by atoms with van der Waals surface area (Å²) in [5.41, 5.74) is 1.81. The van der Waals surface area contributed by atoms with Crippen LogP contribution in [0.3, 0.4) is 0 Å². The predicted molar refractivity (Wildman–Crippen MR) is 50.5 cm³/mol. The zero-order chi connectivity index (χ0) is 8.48. The highest BCUT2D eigenvalue weighted by molar-refractivity contribution is 5.25. The molecule has 0 fully saturated rings. The number of hydrogen-bond donors (Lipinski definition) is 0. The molecule has 0 aromatic heterocycles. The van der Waals surface area contributed by atoms with Crippen LogP contribution >= 0.6 is 0 Å². The van der Waals surface area contributed by atoms with Crippen molar-refractivity contribution in [1.82, 2.24) is 0 Å². The molecule has 0 aromatic carbocycles. The highest BCUT2D eigenvalue weighted by atomic mass is 14.3. The minimum atomic E-state index is 0.402. The first kappa shape index (κ1) is 8.58. The molecular weight excluding hydrogens is 132 g/mol. The molecule has 1 rings (SSSR count). The van der Waals surface area contributed by atoms with Crippen molar-refractivity contribution in [3.8, 4) is 0 Å². The van der Waals surface area contributed by atoms with Crippen LogP contribution in [-0.2, 0) is 0 Å². The average molecular weight is 150 g/mol. The second-order valence-corrected chi connectivity index (χ2v) is 3.89. The summed E-state index contributed by atoms with van der Waals surface area (Å²) in [6.07, 6.45) is 8.19. The van der Waals surface area contributed by atoms with Crippen LogP contribution in [-0.4, -0.2) is 0 Å². The fourth-order valence-electron chi connectivity index (χ4n) is 1.55. The number of rotatable bonds is 1. The van der Waals surface area contributed by atoms with E-state index in [0.717, 1.165) is 0 Å². The van der Waals surface area contributed by atoms with Gasteiger partial charge in [-0.3, -0.25) is 0 Å². The molecule has 2 unspecified atom stereocenters. The van der Waals surface area contributed by atoms with Crippen LogP contribution in [0, 0.1) is 11.3 Å². The third-order valence-electron chi connectivity index (χ3n) is 3.04. The van der Waals surface area contributed by atoms with Gasteiger partial charge in [0.25, 0.3) is 0 Å². The first-order valence-corrected chi connectivity index (χ1v) is 4.46. The van der Waals surface area contributed by atoms with Crippen LogP contribution in [0.4, 0.5) is 0 Å².